The average Bonchev–Trinajstić information content (AvgIpc) is 2.31. The van der Waals surface area contributed by atoms with Crippen LogP contribution in [0.25, 0.3) is 0 Å². The van der Waals surface area contributed by atoms with Crippen LogP contribution in [0.15, 0.2) is 0 Å². The minimum atomic E-state index is -3.17. The monoisotopic (exact) mass is 206 g/mol. The Kier molecular flexibility index (Phi) is 4.15. The summed E-state index contributed by atoms with van der Waals surface area (Å²) < 4.78 is 27.2. The van der Waals surface area contributed by atoms with Crippen molar-refractivity contribution in [3.8, 4) is 0 Å². The van der Waals surface area contributed by atoms with Gasteiger partial charge in [-0.2, -0.15) is 12.7 Å². The lowest BCUT2D eigenvalue weighted by Crippen LogP contribution is -2.41. The van der Waals surface area contributed by atoms with Crippen molar-refractivity contribution in [1.82, 2.24) is 9.03 Å². The Morgan fingerprint density at radius 2 is 1.69 bits per heavy atom. The molecule has 1 aliphatic rings. The number of nitrogens with one attached hydrogen (secondary N) is 1. The number of rotatable bonds is 3. The van der Waals surface area contributed by atoms with Crippen LogP contribution in [0.2, 0.25) is 0 Å². The van der Waals surface area contributed by atoms with Gasteiger partial charge in [-0.3, -0.25) is 0 Å². The molecule has 1 saturated heterocycles. The van der Waals surface area contributed by atoms with Crippen LogP contribution in [0.3, 0.4) is 0 Å². The van der Waals surface area contributed by atoms with Crippen LogP contribution >= 0.6 is 0 Å². The van der Waals surface area contributed by atoms with Crippen LogP contribution in [-0.2, 0) is 10.2 Å². The molecule has 0 bridgehead atoms. The van der Waals surface area contributed by atoms with E-state index in [9.17, 15) is 8.42 Å². The molecule has 0 amide bonds. The van der Waals surface area contributed by atoms with Crippen molar-refractivity contribution in [3.63, 3.8) is 0 Å². The van der Waals surface area contributed by atoms with Gasteiger partial charge in [0.15, 0.2) is 0 Å². The van der Waals surface area contributed by atoms with E-state index in [1.807, 2.05) is 0 Å². The molecule has 1 N–H and O–H groups in total. The predicted octanol–water partition coefficient (Wildman–Crippen LogP) is 0.717. The Hall–Kier alpha value is -0.130. The third-order valence-electron chi connectivity index (χ3n) is 2.23. The molecule has 0 unspecified atom stereocenters. The molecule has 5 heteroatoms. The standard InChI is InChI=1S/C8H18N2O2S/c1-2-9-13(11,12)10-7-5-3-4-6-8-10/h9H,2-8H2,1H3. The molecule has 4 nitrogen and oxygen atoms in total. The Morgan fingerprint density at radius 3 is 2.15 bits per heavy atom. The second kappa shape index (κ2) is 4.93. The van der Waals surface area contributed by atoms with Gasteiger partial charge in [0.05, 0.1) is 0 Å². The summed E-state index contributed by atoms with van der Waals surface area (Å²) in [7, 11) is -3.17. The van der Waals surface area contributed by atoms with E-state index in [0.717, 1.165) is 25.7 Å². The van der Waals surface area contributed by atoms with Crippen molar-refractivity contribution in [2.24, 2.45) is 0 Å². The smallest absolute Gasteiger partial charge is 0.202 e. The molecule has 78 valence electrons. The highest BCUT2D eigenvalue weighted by molar-refractivity contribution is 7.87. The van der Waals surface area contributed by atoms with Crippen LogP contribution in [0.5, 0.6) is 0 Å². The van der Waals surface area contributed by atoms with Gasteiger partial charge in [0.25, 0.3) is 10.2 Å². The SMILES string of the molecule is CCNS(=O)(=O)N1CCCCCC1. The van der Waals surface area contributed by atoms with Crippen LogP contribution in [0.4, 0.5) is 0 Å². The van der Waals surface area contributed by atoms with Gasteiger partial charge in [0, 0.05) is 19.6 Å². The van der Waals surface area contributed by atoms with E-state index in [2.05, 4.69) is 4.72 Å². The fraction of sp³-hybridized carbons (Fsp3) is 1.00. The summed E-state index contributed by atoms with van der Waals surface area (Å²) >= 11 is 0. The topological polar surface area (TPSA) is 49.4 Å². The zero-order valence-corrected chi connectivity index (χ0v) is 8.94. The van der Waals surface area contributed by atoms with Gasteiger partial charge in [-0.1, -0.05) is 19.8 Å². The Balaban J connectivity index is 2.57. The molecule has 13 heavy (non-hydrogen) atoms. The van der Waals surface area contributed by atoms with Gasteiger partial charge < -0.3 is 0 Å². The van der Waals surface area contributed by atoms with Gasteiger partial charge >= 0.3 is 0 Å². The van der Waals surface area contributed by atoms with Crippen LogP contribution < -0.4 is 4.72 Å². The lowest BCUT2D eigenvalue weighted by Gasteiger charge is -2.19. The molecule has 1 aliphatic heterocycles. The van der Waals surface area contributed by atoms with Crippen molar-refractivity contribution >= 4 is 10.2 Å². The molecule has 0 radical (unpaired) electrons. The molecule has 0 aromatic heterocycles. The molecule has 0 aromatic rings. The second-order valence-electron chi connectivity index (χ2n) is 3.32. The number of hydrogen-bond acceptors (Lipinski definition) is 2. The summed E-state index contributed by atoms with van der Waals surface area (Å²) in [5.41, 5.74) is 0. The van der Waals surface area contributed by atoms with Crippen molar-refractivity contribution in [2.75, 3.05) is 19.6 Å². The Morgan fingerprint density at radius 1 is 1.15 bits per heavy atom. The van der Waals surface area contributed by atoms with Gasteiger partial charge in [-0.05, 0) is 12.8 Å². The largest absolute Gasteiger partial charge is 0.279 e. The maximum Gasteiger partial charge on any atom is 0.279 e. The van der Waals surface area contributed by atoms with Crippen molar-refractivity contribution in [1.29, 1.82) is 0 Å². The molecular formula is C8H18N2O2S. The Bertz CT molecular complexity index is 231. The lowest BCUT2D eigenvalue weighted by atomic mass is 10.2. The molecule has 0 atom stereocenters. The maximum absolute atomic E-state index is 11.6. The Labute approximate surface area is 80.5 Å². The zero-order valence-electron chi connectivity index (χ0n) is 8.12. The highest BCUT2D eigenvalue weighted by Gasteiger charge is 2.21. The lowest BCUT2D eigenvalue weighted by molar-refractivity contribution is 0.416. The summed E-state index contributed by atoms with van der Waals surface area (Å²) in [5.74, 6) is 0. The predicted molar refractivity (Wildman–Crippen MR) is 52.6 cm³/mol. The molecular weight excluding hydrogens is 188 g/mol. The zero-order chi connectivity index (χ0) is 9.73. The normalized spacial score (nSPS) is 21.3. The van der Waals surface area contributed by atoms with Crippen LogP contribution in [0, 0.1) is 0 Å². The minimum Gasteiger partial charge on any atom is -0.202 e. The third-order valence-corrected chi connectivity index (χ3v) is 3.93. The summed E-state index contributed by atoms with van der Waals surface area (Å²) in [6.07, 6.45) is 4.28. The number of nitrogens with zero attached hydrogens (tertiary/aromatic N) is 1. The van der Waals surface area contributed by atoms with Crippen molar-refractivity contribution in [3.05, 3.63) is 0 Å². The van der Waals surface area contributed by atoms with E-state index in [-0.39, 0.29) is 0 Å². The van der Waals surface area contributed by atoms with E-state index in [0.29, 0.717) is 19.6 Å². The summed E-state index contributed by atoms with van der Waals surface area (Å²) in [6.45, 7) is 3.62. The van der Waals surface area contributed by atoms with Crippen LogP contribution in [0.1, 0.15) is 32.6 Å². The summed E-state index contributed by atoms with van der Waals surface area (Å²) in [5, 5.41) is 0. The van der Waals surface area contributed by atoms with Gasteiger partial charge in [0.1, 0.15) is 0 Å². The molecule has 1 fully saturated rings. The molecule has 0 spiro atoms. The highest BCUT2D eigenvalue weighted by Crippen LogP contribution is 2.11. The fourth-order valence-corrected chi connectivity index (χ4v) is 2.84. The first-order valence-corrected chi connectivity index (χ1v) is 6.35. The molecule has 0 aromatic carbocycles. The van der Waals surface area contributed by atoms with E-state index in [1.165, 1.54) is 0 Å². The molecule has 1 heterocycles. The molecule has 1 rings (SSSR count). The van der Waals surface area contributed by atoms with Crippen molar-refractivity contribution < 1.29 is 8.42 Å². The average molecular weight is 206 g/mol. The summed E-state index contributed by atoms with van der Waals surface area (Å²) in [4.78, 5) is 0. The minimum absolute atomic E-state index is 0.471. The fourth-order valence-electron chi connectivity index (χ4n) is 1.56. The quantitative estimate of drug-likeness (QED) is 0.739. The first kappa shape index (κ1) is 10.9. The highest BCUT2D eigenvalue weighted by atomic mass is 32.2. The van der Waals surface area contributed by atoms with Gasteiger partial charge in [0.2, 0.25) is 0 Å². The molecule has 0 aliphatic carbocycles. The first-order chi connectivity index (χ1) is 6.17. The van der Waals surface area contributed by atoms with Crippen LogP contribution in [-0.4, -0.2) is 32.4 Å². The maximum atomic E-state index is 11.6. The first-order valence-electron chi connectivity index (χ1n) is 4.91. The van der Waals surface area contributed by atoms with E-state index < -0.39 is 10.2 Å². The second-order valence-corrected chi connectivity index (χ2v) is 5.07. The van der Waals surface area contributed by atoms with E-state index in [1.54, 1.807) is 11.2 Å². The van der Waals surface area contributed by atoms with Gasteiger partial charge in [-0.25, -0.2) is 4.72 Å². The molecule has 0 saturated carbocycles. The third kappa shape index (κ3) is 3.25. The number of hydrogen-bond donors (Lipinski definition) is 1. The summed E-state index contributed by atoms with van der Waals surface area (Å²) in [6, 6.07) is 0. The van der Waals surface area contributed by atoms with E-state index >= 15 is 0 Å². The van der Waals surface area contributed by atoms with E-state index in [4.69, 9.17) is 0 Å². The van der Waals surface area contributed by atoms with Crippen molar-refractivity contribution in [2.45, 2.75) is 32.6 Å². The van der Waals surface area contributed by atoms with Gasteiger partial charge in [-0.15, -0.1) is 0 Å².